The second-order valence-electron chi connectivity index (χ2n) is 9.45. The number of carbonyl (C=O) groups excluding carboxylic acids is 2. The first kappa shape index (κ1) is 23.0. The molecular weight excluding hydrogens is 448 g/mol. The van der Waals surface area contributed by atoms with Crippen LogP contribution in [0.25, 0.3) is 0 Å². The average molecular weight is 476 g/mol. The predicted molar refractivity (Wildman–Crippen MR) is 131 cm³/mol. The summed E-state index contributed by atoms with van der Waals surface area (Å²) in [4.78, 5) is 30.0. The van der Waals surface area contributed by atoms with Crippen LogP contribution in [-0.4, -0.2) is 29.9 Å². The van der Waals surface area contributed by atoms with E-state index in [9.17, 15) is 18.4 Å². The summed E-state index contributed by atoms with van der Waals surface area (Å²) in [6, 6.07) is 17.4. The number of aryl methyl sites for hydroxylation is 2. The Kier molecular flexibility index (Phi) is 5.79. The monoisotopic (exact) mass is 475 g/mol. The zero-order valence-corrected chi connectivity index (χ0v) is 19.7. The maximum atomic E-state index is 13.6. The van der Waals surface area contributed by atoms with Crippen molar-refractivity contribution in [2.75, 3.05) is 23.3 Å². The van der Waals surface area contributed by atoms with Gasteiger partial charge in [-0.1, -0.05) is 30.3 Å². The third kappa shape index (κ3) is 3.95. The molecule has 0 radical (unpaired) electrons. The van der Waals surface area contributed by atoms with Crippen molar-refractivity contribution in [3.05, 3.63) is 95.1 Å². The number of nitrogens with zero attached hydrogens (tertiary/aromatic N) is 2. The lowest BCUT2D eigenvalue weighted by atomic mass is 9.62. The van der Waals surface area contributed by atoms with Gasteiger partial charge in [-0.15, -0.1) is 0 Å². The molecule has 1 unspecified atom stereocenters. The van der Waals surface area contributed by atoms with Crippen LogP contribution in [0, 0.1) is 30.9 Å². The van der Waals surface area contributed by atoms with Gasteiger partial charge >= 0.3 is 6.03 Å². The SMILES string of the molecule is Cc1cccc(C)c1NC(=O)N1CCC2(CC1)C(=O)N(c1ccc(F)cc1)C2c1ccc(F)cc1. The standard InChI is InChI=1S/C28H27F2N3O2/c1-18-4-3-5-19(2)24(18)31-27(35)32-16-14-28(15-17-32)25(20-6-8-21(29)9-7-20)33(26(28)34)23-12-10-22(30)11-13-23/h3-13,25H,14-17H2,1-2H3,(H,31,35). The molecule has 1 N–H and O–H groups in total. The number of carbonyl (C=O) groups is 2. The van der Waals surface area contributed by atoms with Gasteiger partial charge in [0.05, 0.1) is 11.5 Å². The molecule has 5 nitrogen and oxygen atoms in total. The van der Waals surface area contributed by atoms with E-state index in [1.807, 2.05) is 32.0 Å². The molecule has 0 bridgehead atoms. The molecule has 7 heteroatoms. The van der Waals surface area contributed by atoms with Crippen molar-refractivity contribution in [2.24, 2.45) is 5.41 Å². The lowest BCUT2D eigenvalue weighted by molar-refractivity contribution is -0.144. The smallest absolute Gasteiger partial charge is 0.321 e. The van der Waals surface area contributed by atoms with Crippen LogP contribution in [0.3, 0.4) is 0 Å². The highest BCUT2D eigenvalue weighted by Crippen LogP contribution is 2.57. The summed E-state index contributed by atoms with van der Waals surface area (Å²) >= 11 is 0. The number of halogens is 2. The van der Waals surface area contributed by atoms with Crippen molar-refractivity contribution in [3.8, 4) is 0 Å². The number of β-lactam (4-membered cyclic amide) rings is 1. The predicted octanol–water partition coefficient (Wildman–Crippen LogP) is 5.98. The van der Waals surface area contributed by atoms with Crippen molar-refractivity contribution in [2.45, 2.75) is 32.7 Å². The zero-order valence-electron chi connectivity index (χ0n) is 19.7. The number of hydrogen-bond acceptors (Lipinski definition) is 2. The molecule has 1 spiro atoms. The van der Waals surface area contributed by atoms with E-state index < -0.39 is 5.41 Å². The highest BCUT2D eigenvalue weighted by atomic mass is 19.1. The molecule has 0 saturated carbocycles. The second-order valence-corrected chi connectivity index (χ2v) is 9.45. The third-order valence-electron chi connectivity index (χ3n) is 7.37. The summed E-state index contributed by atoms with van der Waals surface area (Å²) in [6.07, 6.45) is 0.984. The first-order chi connectivity index (χ1) is 16.8. The number of hydrogen-bond donors (Lipinski definition) is 1. The highest BCUT2D eigenvalue weighted by Gasteiger charge is 2.62. The van der Waals surface area contributed by atoms with E-state index in [0.29, 0.717) is 31.6 Å². The number of benzene rings is 3. The van der Waals surface area contributed by atoms with Gasteiger partial charge < -0.3 is 15.1 Å². The molecule has 3 aromatic rings. The van der Waals surface area contributed by atoms with Gasteiger partial charge in [0.25, 0.3) is 0 Å². The topological polar surface area (TPSA) is 52.7 Å². The van der Waals surface area contributed by atoms with E-state index in [4.69, 9.17) is 0 Å². The maximum absolute atomic E-state index is 13.6. The Labute approximate surface area is 203 Å². The Morgan fingerprint density at radius 2 is 1.43 bits per heavy atom. The van der Waals surface area contributed by atoms with Gasteiger partial charge in [0.1, 0.15) is 11.6 Å². The van der Waals surface area contributed by atoms with E-state index in [-0.39, 0.29) is 29.6 Å². The van der Waals surface area contributed by atoms with Crippen LogP contribution in [0.4, 0.5) is 25.0 Å². The van der Waals surface area contributed by atoms with E-state index >= 15 is 0 Å². The molecule has 0 aliphatic carbocycles. The minimum absolute atomic E-state index is 0.0479. The van der Waals surface area contributed by atoms with E-state index in [0.717, 1.165) is 22.4 Å². The summed E-state index contributed by atoms with van der Waals surface area (Å²) in [5, 5.41) is 3.03. The molecule has 3 aromatic carbocycles. The number of piperidine rings is 1. The minimum atomic E-state index is -0.693. The Hall–Kier alpha value is -3.74. The van der Waals surface area contributed by atoms with Crippen molar-refractivity contribution >= 4 is 23.3 Å². The first-order valence-corrected chi connectivity index (χ1v) is 11.8. The summed E-state index contributed by atoms with van der Waals surface area (Å²) in [6.45, 7) is 4.77. The average Bonchev–Trinajstić information content (AvgIpc) is 2.86. The molecule has 3 amide bonds. The van der Waals surface area contributed by atoms with Crippen LogP contribution in [0.1, 0.15) is 35.6 Å². The summed E-state index contributed by atoms with van der Waals surface area (Å²) in [5.74, 6) is -0.772. The third-order valence-corrected chi connectivity index (χ3v) is 7.37. The van der Waals surface area contributed by atoms with Crippen LogP contribution < -0.4 is 10.2 Å². The Bertz CT molecular complexity index is 1250. The fourth-order valence-corrected chi connectivity index (χ4v) is 5.43. The normalized spacial score (nSPS) is 19.0. The molecular formula is C28H27F2N3O2. The summed E-state index contributed by atoms with van der Waals surface area (Å²) in [5.41, 5.74) is 3.53. The molecule has 180 valence electrons. The molecule has 1 atom stereocenters. The largest absolute Gasteiger partial charge is 0.324 e. The van der Waals surface area contributed by atoms with Gasteiger partial charge in [0, 0.05) is 24.5 Å². The quantitative estimate of drug-likeness (QED) is 0.474. The lowest BCUT2D eigenvalue weighted by Crippen LogP contribution is -2.67. The fraction of sp³-hybridized carbons (Fsp3) is 0.286. The van der Waals surface area contributed by atoms with Gasteiger partial charge in [0.2, 0.25) is 5.91 Å². The number of nitrogens with one attached hydrogen (secondary N) is 1. The molecule has 2 heterocycles. The molecule has 2 saturated heterocycles. The van der Waals surface area contributed by atoms with Crippen LogP contribution in [0.15, 0.2) is 66.7 Å². The van der Waals surface area contributed by atoms with Crippen LogP contribution in [0.2, 0.25) is 0 Å². The number of likely N-dealkylation sites (tertiary alicyclic amines) is 1. The molecule has 35 heavy (non-hydrogen) atoms. The van der Waals surface area contributed by atoms with Crippen LogP contribution in [-0.2, 0) is 4.79 Å². The minimum Gasteiger partial charge on any atom is -0.324 e. The molecule has 2 aliphatic heterocycles. The Morgan fingerprint density at radius 1 is 0.886 bits per heavy atom. The van der Waals surface area contributed by atoms with Crippen molar-refractivity contribution in [1.82, 2.24) is 4.90 Å². The zero-order chi connectivity index (χ0) is 24.7. The number of urea groups is 1. The van der Waals surface area contributed by atoms with Crippen LogP contribution >= 0.6 is 0 Å². The summed E-state index contributed by atoms with van der Waals surface area (Å²) < 4.78 is 27.2. The first-order valence-electron chi connectivity index (χ1n) is 11.8. The van der Waals surface area contributed by atoms with Crippen molar-refractivity contribution < 1.29 is 18.4 Å². The molecule has 5 rings (SSSR count). The Balaban J connectivity index is 1.38. The fourth-order valence-electron chi connectivity index (χ4n) is 5.43. The number of amides is 3. The number of para-hydroxylation sites is 1. The van der Waals surface area contributed by atoms with E-state index in [1.54, 1.807) is 34.1 Å². The summed E-state index contributed by atoms with van der Waals surface area (Å²) in [7, 11) is 0. The van der Waals surface area contributed by atoms with Crippen molar-refractivity contribution in [1.29, 1.82) is 0 Å². The highest BCUT2D eigenvalue weighted by molar-refractivity contribution is 6.06. The van der Waals surface area contributed by atoms with Crippen molar-refractivity contribution in [3.63, 3.8) is 0 Å². The number of anilines is 2. The van der Waals surface area contributed by atoms with Gasteiger partial charge in [-0.25, -0.2) is 13.6 Å². The number of rotatable bonds is 3. The second kappa shape index (κ2) is 8.80. The van der Waals surface area contributed by atoms with Gasteiger partial charge in [-0.05, 0) is 79.8 Å². The van der Waals surface area contributed by atoms with Gasteiger partial charge in [0.15, 0.2) is 0 Å². The van der Waals surface area contributed by atoms with Gasteiger partial charge in [-0.3, -0.25) is 4.79 Å². The van der Waals surface area contributed by atoms with Crippen LogP contribution in [0.5, 0.6) is 0 Å². The Morgan fingerprint density at radius 3 is 2.00 bits per heavy atom. The van der Waals surface area contributed by atoms with E-state index in [2.05, 4.69) is 5.32 Å². The molecule has 0 aromatic heterocycles. The van der Waals surface area contributed by atoms with E-state index in [1.165, 1.54) is 24.3 Å². The van der Waals surface area contributed by atoms with Gasteiger partial charge in [-0.2, -0.15) is 0 Å². The lowest BCUT2D eigenvalue weighted by Gasteiger charge is -2.59. The molecule has 2 fully saturated rings. The molecule has 2 aliphatic rings. The maximum Gasteiger partial charge on any atom is 0.321 e.